The predicted molar refractivity (Wildman–Crippen MR) is 54.2 cm³/mol. The molecule has 0 heterocycles. The van der Waals surface area contributed by atoms with Gasteiger partial charge in [-0.2, -0.15) is 5.06 Å². The van der Waals surface area contributed by atoms with Crippen LogP contribution in [-0.4, -0.2) is 19.2 Å². The van der Waals surface area contributed by atoms with Gasteiger partial charge in [0.2, 0.25) is 0 Å². The van der Waals surface area contributed by atoms with Gasteiger partial charge in [0.25, 0.3) is 0 Å². The fourth-order valence-corrected chi connectivity index (χ4v) is 1.26. The standard InChI is InChI=1S/C11H17NO/c1-11(2,12(3)13-4)10-8-6-5-7-9-10/h5-9H,1-4H3. The van der Waals surface area contributed by atoms with Crippen molar-refractivity contribution >= 4 is 0 Å². The van der Waals surface area contributed by atoms with E-state index in [4.69, 9.17) is 4.84 Å². The average Bonchev–Trinajstić information content (AvgIpc) is 2.18. The second-order valence-electron chi connectivity index (χ2n) is 3.61. The molecule has 0 spiro atoms. The van der Waals surface area contributed by atoms with Gasteiger partial charge in [0.1, 0.15) is 0 Å². The molecule has 1 rings (SSSR count). The molecule has 0 N–H and O–H groups in total. The van der Waals surface area contributed by atoms with Crippen molar-refractivity contribution in [3.8, 4) is 0 Å². The molecule has 0 amide bonds. The minimum atomic E-state index is -0.0873. The summed E-state index contributed by atoms with van der Waals surface area (Å²) in [6.07, 6.45) is 0. The van der Waals surface area contributed by atoms with E-state index < -0.39 is 0 Å². The van der Waals surface area contributed by atoms with Gasteiger partial charge in [-0.25, -0.2) is 0 Å². The lowest BCUT2D eigenvalue weighted by atomic mass is 9.94. The van der Waals surface area contributed by atoms with E-state index in [0.717, 1.165) is 0 Å². The van der Waals surface area contributed by atoms with Crippen LogP contribution in [0.4, 0.5) is 0 Å². The summed E-state index contributed by atoms with van der Waals surface area (Å²) in [7, 11) is 3.62. The predicted octanol–water partition coefficient (Wildman–Crippen LogP) is 2.41. The fraction of sp³-hybridized carbons (Fsp3) is 0.455. The highest BCUT2D eigenvalue weighted by Crippen LogP contribution is 2.25. The molecular formula is C11H17NO. The first-order chi connectivity index (χ1) is 6.09. The third kappa shape index (κ3) is 2.08. The summed E-state index contributed by atoms with van der Waals surface area (Å²) >= 11 is 0. The van der Waals surface area contributed by atoms with Crippen molar-refractivity contribution in [2.45, 2.75) is 19.4 Å². The van der Waals surface area contributed by atoms with Gasteiger partial charge in [-0.15, -0.1) is 0 Å². The van der Waals surface area contributed by atoms with Crippen molar-refractivity contribution in [2.75, 3.05) is 14.2 Å². The highest BCUT2D eigenvalue weighted by Gasteiger charge is 2.25. The number of rotatable bonds is 3. The van der Waals surface area contributed by atoms with Gasteiger partial charge in [0.15, 0.2) is 0 Å². The van der Waals surface area contributed by atoms with Crippen LogP contribution >= 0.6 is 0 Å². The maximum Gasteiger partial charge on any atom is 0.0651 e. The van der Waals surface area contributed by atoms with Crippen LogP contribution in [0.1, 0.15) is 19.4 Å². The Kier molecular flexibility index (Phi) is 3.07. The van der Waals surface area contributed by atoms with E-state index in [0.29, 0.717) is 0 Å². The minimum Gasteiger partial charge on any atom is -0.302 e. The van der Waals surface area contributed by atoms with E-state index >= 15 is 0 Å². The van der Waals surface area contributed by atoms with Crippen LogP contribution in [0.15, 0.2) is 30.3 Å². The zero-order valence-electron chi connectivity index (χ0n) is 8.74. The molecule has 0 atom stereocenters. The summed E-state index contributed by atoms with van der Waals surface area (Å²) in [5, 5.41) is 1.85. The Bertz CT molecular complexity index is 256. The van der Waals surface area contributed by atoms with Gasteiger partial charge >= 0.3 is 0 Å². The van der Waals surface area contributed by atoms with Crippen LogP contribution in [0.5, 0.6) is 0 Å². The molecule has 72 valence electrons. The van der Waals surface area contributed by atoms with E-state index in [-0.39, 0.29) is 5.54 Å². The van der Waals surface area contributed by atoms with E-state index in [2.05, 4.69) is 26.0 Å². The van der Waals surface area contributed by atoms with Crippen LogP contribution in [0, 0.1) is 0 Å². The quantitative estimate of drug-likeness (QED) is 0.661. The molecule has 2 heteroatoms. The number of hydroxylamine groups is 2. The molecule has 0 bridgehead atoms. The molecule has 1 aromatic rings. The lowest BCUT2D eigenvalue weighted by molar-refractivity contribution is -0.176. The Hall–Kier alpha value is -0.860. The Morgan fingerprint density at radius 1 is 1.15 bits per heavy atom. The summed E-state index contributed by atoms with van der Waals surface area (Å²) in [6.45, 7) is 4.26. The van der Waals surface area contributed by atoms with Gasteiger partial charge in [-0.05, 0) is 19.4 Å². The van der Waals surface area contributed by atoms with Crippen molar-refractivity contribution < 1.29 is 4.84 Å². The van der Waals surface area contributed by atoms with Crippen molar-refractivity contribution in [3.63, 3.8) is 0 Å². The van der Waals surface area contributed by atoms with E-state index in [1.54, 1.807) is 7.11 Å². The van der Waals surface area contributed by atoms with Crippen LogP contribution in [-0.2, 0) is 10.4 Å². The second-order valence-corrected chi connectivity index (χ2v) is 3.61. The first kappa shape index (κ1) is 10.2. The zero-order valence-corrected chi connectivity index (χ0v) is 8.74. The zero-order chi connectivity index (χ0) is 9.90. The minimum absolute atomic E-state index is 0.0873. The van der Waals surface area contributed by atoms with Crippen LogP contribution in [0.3, 0.4) is 0 Å². The molecule has 0 radical (unpaired) electrons. The molecule has 1 aromatic carbocycles. The molecule has 0 aliphatic heterocycles. The molecule has 0 fully saturated rings. The first-order valence-electron chi connectivity index (χ1n) is 4.42. The Balaban J connectivity index is 2.93. The maximum absolute atomic E-state index is 5.20. The summed E-state index contributed by atoms with van der Waals surface area (Å²) in [4.78, 5) is 5.20. The number of hydrogen-bond donors (Lipinski definition) is 0. The summed E-state index contributed by atoms with van der Waals surface area (Å²) in [5.74, 6) is 0. The van der Waals surface area contributed by atoms with Crippen molar-refractivity contribution in [2.24, 2.45) is 0 Å². The largest absolute Gasteiger partial charge is 0.302 e. The third-order valence-corrected chi connectivity index (χ3v) is 2.54. The van der Waals surface area contributed by atoms with Crippen LogP contribution in [0.25, 0.3) is 0 Å². The van der Waals surface area contributed by atoms with Gasteiger partial charge in [0, 0.05) is 7.05 Å². The first-order valence-corrected chi connectivity index (χ1v) is 4.42. The topological polar surface area (TPSA) is 12.5 Å². The van der Waals surface area contributed by atoms with Crippen molar-refractivity contribution in [3.05, 3.63) is 35.9 Å². The van der Waals surface area contributed by atoms with Gasteiger partial charge < -0.3 is 4.84 Å². The molecule has 0 aromatic heterocycles. The Morgan fingerprint density at radius 3 is 2.15 bits per heavy atom. The molecular weight excluding hydrogens is 162 g/mol. The number of benzene rings is 1. The highest BCUT2D eigenvalue weighted by atomic mass is 16.7. The molecule has 0 saturated heterocycles. The third-order valence-electron chi connectivity index (χ3n) is 2.54. The summed E-state index contributed by atoms with van der Waals surface area (Å²) < 4.78 is 0. The monoisotopic (exact) mass is 179 g/mol. The van der Waals surface area contributed by atoms with Crippen LogP contribution < -0.4 is 0 Å². The molecule has 0 unspecified atom stereocenters. The summed E-state index contributed by atoms with van der Waals surface area (Å²) in [5.41, 5.74) is 1.16. The lowest BCUT2D eigenvalue weighted by Gasteiger charge is -2.33. The average molecular weight is 179 g/mol. The van der Waals surface area contributed by atoms with Gasteiger partial charge in [0.05, 0.1) is 12.6 Å². The molecule has 0 aliphatic carbocycles. The normalized spacial score (nSPS) is 12.1. The molecule has 0 aliphatic rings. The Labute approximate surface area is 80.1 Å². The maximum atomic E-state index is 5.20. The fourth-order valence-electron chi connectivity index (χ4n) is 1.26. The SMILES string of the molecule is CON(C)C(C)(C)c1ccccc1. The van der Waals surface area contributed by atoms with E-state index in [1.807, 2.05) is 30.3 Å². The molecule has 2 nitrogen and oxygen atoms in total. The second kappa shape index (κ2) is 3.90. The Morgan fingerprint density at radius 2 is 1.69 bits per heavy atom. The van der Waals surface area contributed by atoms with E-state index in [1.165, 1.54) is 5.56 Å². The number of hydrogen-bond acceptors (Lipinski definition) is 2. The number of nitrogens with zero attached hydrogens (tertiary/aromatic N) is 1. The highest BCUT2D eigenvalue weighted by molar-refractivity contribution is 5.22. The summed E-state index contributed by atoms with van der Waals surface area (Å²) in [6, 6.07) is 10.3. The molecule has 13 heavy (non-hydrogen) atoms. The lowest BCUT2D eigenvalue weighted by Crippen LogP contribution is -2.37. The van der Waals surface area contributed by atoms with Crippen LogP contribution in [0.2, 0.25) is 0 Å². The smallest absolute Gasteiger partial charge is 0.0651 e. The van der Waals surface area contributed by atoms with E-state index in [9.17, 15) is 0 Å². The van der Waals surface area contributed by atoms with Crippen molar-refractivity contribution in [1.29, 1.82) is 0 Å². The van der Waals surface area contributed by atoms with Gasteiger partial charge in [-0.3, -0.25) is 0 Å². The van der Waals surface area contributed by atoms with Crippen molar-refractivity contribution in [1.82, 2.24) is 5.06 Å². The molecule has 0 saturated carbocycles. The van der Waals surface area contributed by atoms with Gasteiger partial charge in [-0.1, -0.05) is 30.3 Å².